The van der Waals surface area contributed by atoms with Gasteiger partial charge in [-0.15, -0.1) is 11.8 Å². The molecule has 3 aromatic rings. The molecule has 0 fully saturated rings. The van der Waals surface area contributed by atoms with Crippen molar-refractivity contribution in [2.24, 2.45) is 0 Å². The normalized spacial score (nSPS) is 11.4. The molecule has 150 valence electrons. The van der Waals surface area contributed by atoms with E-state index in [4.69, 9.17) is 0 Å². The van der Waals surface area contributed by atoms with Gasteiger partial charge >= 0.3 is 0 Å². The summed E-state index contributed by atoms with van der Waals surface area (Å²) in [6, 6.07) is 19.4. The van der Waals surface area contributed by atoms with E-state index in [0.29, 0.717) is 5.69 Å². The summed E-state index contributed by atoms with van der Waals surface area (Å²) >= 11 is 1.67. The molecule has 0 unspecified atom stereocenters. The summed E-state index contributed by atoms with van der Waals surface area (Å²) < 4.78 is 26.0. The van der Waals surface area contributed by atoms with Crippen LogP contribution in [-0.2, 0) is 20.6 Å². The van der Waals surface area contributed by atoms with E-state index >= 15 is 0 Å². The molecule has 29 heavy (non-hydrogen) atoms. The molecule has 6 nitrogen and oxygen atoms in total. The average Bonchev–Trinajstić information content (AvgIpc) is 2.74. The molecular weight excluding hydrogens is 406 g/mol. The fourth-order valence-corrected chi connectivity index (χ4v) is 4.53. The van der Waals surface area contributed by atoms with Gasteiger partial charge in [0.2, 0.25) is 15.9 Å². The number of hydrogen-bond acceptors (Lipinski definition) is 5. The van der Waals surface area contributed by atoms with Gasteiger partial charge in [0, 0.05) is 35.8 Å². The molecular formula is C21H21N3O3S2. The third-order valence-electron chi connectivity index (χ3n) is 4.08. The predicted octanol–water partition coefficient (Wildman–Crippen LogP) is 3.63. The number of nitrogens with one attached hydrogen (secondary N) is 1. The van der Waals surface area contributed by atoms with Crippen LogP contribution in [0.5, 0.6) is 0 Å². The van der Waals surface area contributed by atoms with E-state index in [0.717, 1.165) is 20.5 Å². The molecule has 0 aliphatic carbocycles. The smallest absolute Gasteiger partial charge is 0.243 e. The Bertz CT molecular complexity index is 1040. The maximum atomic E-state index is 12.5. The second kappa shape index (κ2) is 9.69. The fraction of sp³-hybridized carbons (Fsp3) is 0.143. The number of sulfonamides is 1. The van der Waals surface area contributed by atoms with Gasteiger partial charge in [-0.3, -0.25) is 9.78 Å². The maximum Gasteiger partial charge on any atom is 0.243 e. The molecule has 0 aliphatic rings. The number of aromatic nitrogens is 1. The molecule has 8 heteroatoms. The Morgan fingerprint density at radius 2 is 1.76 bits per heavy atom. The van der Waals surface area contributed by atoms with Gasteiger partial charge in [-0.1, -0.05) is 24.3 Å². The van der Waals surface area contributed by atoms with Gasteiger partial charge in [0.1, 0.15) is 0 Å². The highest BCUT2D eigenvalue weighted by molar-refractivity contribution is 7.98. The monoisotopic (exact) mass is 427 g/mol. The van der Waals surface area contributed by atoms with Crippen LogP contribution >= 0.6 is 11.8 Å². The molecule has 0 saturated carbocycles. The molecule has 1 aromatic heterocycles. The molecule has 0 bridgehead atoms. The van der Waals surface area contributed by atoms with Crippen LogP contribution in [0.2, 0.25) is 0 Å². The number of anilines is 1. The third-order valence-corrected chi connectivity index (χ3v) is 6.98. The zero-order valence-corrected chi connectivity index (χ0v) is 17.5. The minimum atomic E-state index is -3.70. The first-order valence-electron chi connectivity index (χ1n) is 8.88. The second-order valence-electron chi connectivity index (χ2n) is 6.30. The zero-order chi connectivity index (χ0) is 20.7. The lowest BCUT2D eigenvalue weighted by atomic mass is 10.3. The number of rotatable bonds is 8. The van der Waals surface area contributed by atoms with E-state index in [-0.39, 0.29) is 11.4 Å². The van der Waals surface area contributed by atoms with E-state index < -0.39 is 15.9 Å². The highest BCUT2D eigenvalue weighted by Crippen LogP contribution is 2.24. The summed E-state index contributed by atoms with van der Waals surface area (Å²) in [6.45, 7) is -0.269. The Balaban J connectivity index is 1.54. The van der Waals surface area contributed by atoms with Gasteiger partial charge in [0.05, 0.1) is 11.4 Å². The van der Waals surface area contributed by atoms with Crippen molar-refractivity contribution in [1.82, 2.24) is 9.29 Å². The fourth-order valence-electron chi connectivity index (χ4n) is 2.54. The van der Waals surface area contributed by atoms with Crippen molar-refractivity contribution >= 4 is 33.4 Å². The number of amides is 1. The van der Waals surface area contributed by atoms with E-state index in [1.54, 1.807) is 48.3 Å². The van der Waals surface area contributed by atoms with E-state index in [9.17, 15) is 13.2 Å². The SMILES string of the molecule is CN(CC(=O)Nc1ccc(SCc2cccnc2)cc1)S(=O)(=O)c1ccccc1. The highest BCUT2D eigenvalue weighted by atomic mass is 32.2. The first-order chi connectivity index (χ1) is 13.9. The van der Waals surface area contributed by atoms with Gasteiger partial charge in [-0.2, -0.15) is 4.31 Å². The molecule has 0 saturated heterocycles. The number of carbonyl (C=O) groups excluding carboxylic acids is 1. The van der Waals surface area contributed by atoms with Gasteiger partial charge in [0.25, 0.3) is 0 Å². The number of nitrogens with zero attached hydrogens (tertiary/aromatic N) is 2. The summed E-state index contributed by atoms with van der Waals surface area (Å²) in [5.74, 6) is 0.407. The number of likely N-dealkylation sites (N-methyl/N-ethyl adjacent to an activating group) is 1. The molecule has 2 aromatic carbocycles. The topological polar surface area (TPSA) is 79.4 Å². The van der Waals surface area contributed by atoms with Crippen LogP contribution < -0.4 is 5.32 Å². The molecule has 3 rings (SSSR count). The van der Waals surface area contributed by atoms with Crippen molar-refractivity contribution in [2.45, 2.75) is 15.5 Å². The standard InChI is InChI=1S/C21H21N3O3S2/c1-24(29(26,27)20-7-3-2-4-8-20)15-21(25)23-18-9-11-19(12-10-18)28-16-17-6-5-13-22-14-17/h2-14H,15-16H2,1H3,(H,23,25). The van der Waals surface area contributed by atoms with Gasteiger partial charge in [0.15, 0.2) is 0 Å². The maximum absolute atomic E-state index is 12.5. The zero-order valence-electron chi connectivity index (χ0n) is 15.9. The van der Waals surface area contributed by atoms with Crippen LogP contribution in [0, 0.1) is 0 Å². The van der Waals surface area contributed by atoms with Crippen LogP contribution in [0.15, 0.2) is 88.9 Å². The molecule has 1 heterocycles. The number of pyridine rings is 1. The number of carbonyl (C=O) groups is 1. The van der Waals surface area contributed by atoms with E-state index in [1.165, 1.54) is 19.2 Å². The predicted molar refractivity (Wildman–Crippen MR) is 115 cm³/mol. The molecule has 1 amide bonds. The van der Waals surface area contributed by atoms with E-state index in [2.05, 4.69) is 10.3 Å². The summed E-state index contributed by atoms with van der Waals surface area (Å²) in [6.07, 6.45) is 3.58. The highest BCUT2D eigenvalue weighted by Gasteiger charge is 2.22. The Labute approximate surface area is 175 Å². The first kappa shape index (κ1) is 21.0. The number of hydrogen-bond donors (Lipinski definition) is 1. The summed E-state index contributed by atoms with van der Waals surface area (Å²) in [7, 11) is -2.31. The largest absolute Gasteiger partial charge is 0.325 e. The number of benzene rings is 2. The first-order valence-corrected chi connectivity index (χ1v) is 11.3. The quantitative estimate of drug-likeness (QED) is 0.555. The van der Waals surface area contributed by atoms with Crippen molar-refractivity contribution < 1.29 is 13.2 Å². The van der Waals surface area contributed by atoms with Crippen molar-refractivity contribution in [2.75, 3.05) is 18.9 Å². The summed E-state index contributed by atoms with van der Waals surface area (Å²) in [5.41, 5.74) is 1.75. The second-order valence-corrected chi connectivity index (χ2v) is 9.39. The van der Waals surface area contributed by atoms with Crippen LogP contribution in [0.4, 0.5) is 5.69 Å². The molecule has 1 N–H and O–H groups in total. The van der Waals surface area contributed by atoms with Crippen molar-refractivity contribution in [3.05, 3.63) is 84.7 Å². The number of thioether (sulfide) groups is 1. The third kappa shape index (κ3) is 5.90. The van der Waals surface area contributed by atoms with E-state index in [1.807, 2.05) is 30.5 Å². The van der Waals surface area contributed by atoms with Crippen molar-refractivity contribution in [1.29, 1.82) is 0 Å². The van der Waals surface area contributed by atoms with Crippen LogP contribution in [0.3, 0.4) is 0 Å². The summed E-state index contributed by atoms with van der Waals surface area (Å²) in [4.78, 5) is 17.6. The van der Waals surface area contributed by atoms with Gasteiger partial charge in [-0.05, 0) is 48.0 Å². The van der Waals surface area contributed by atoms with Crippen LogP contribution in [-0.4, -0.2) is 37.2 Å². The lowest BCUT2D eigenvalue weighted by molar-refractivity contribution is -0.116. The van der Waals surface area contributed by atoms with Crippen LogP contribution in [0.1, 0.15) is 5.56 Å². The Kier molecular flexibility index (Phi) is 7.03. The van der Waals surface area contributed by atoms with Crippen molar-refractivity contribution in [3.8, 4) is 0 Å². The summed E-state index contributed by atoms with van der Waals surface area (Å²) in [5, 5.41) is 2.73. The Morgan fingerprint density at radius 3 is 2.41 bits per heavy atom. The average molecular weight is 428 g/mol. The molecule has 0 aliphatic heterocycles. The molecule has 0 atom stereocenters. The Morgan fingerprint density at radius 1 is 1.03 bits per heavy atom. The lowest BCUT2D eigenvalue weighted by Crippen LogP contribution is -2.34. The van der Waals surface area contributed by atoms with Gasteiger partial charge < -0.3 is 5.32 Å². The van der Waals surface area contributed by atoms with Crippen molar-refractivity contribution in [3.63, 3.8) is 0 Å². The Hall–Kier alpha value is -2.68. The lowest BCUT2D eigenvalue weighted by Gasteiger charge is -2.17. The minimum absolute atomic E-state index is 0.158. The van der Waals surface area contributed by atoms with Gasteiger partial charge in [-0.25, -0.2) is 8.42 Å². The van der Waals surface area contributed by atoms with Crippen LogP contribution in [0.25, 0.3) is 0 Å². The minimum Gasteiger partial charge on any atom is -0.325 e. The molecule has 0 radical (unpaired) electrons. The molecule has 0 spiro atoms.